The Morgan fingerprint density at radius 2 is 1.77 bits per heavy atom. The maximum atomic E-state index is 13.1. The molecule has 2 rings (SSSR count). The molecule has 0 aliphatic carbocycles. The van der Waals surface area contributed by atoms with Gasteiger partial charge in [-0.2, -0.15) is 13.2 Å². The molecule has 1 aromatic carbocycles. The third kappa shape index (κ3) is 3.94. The van der Waals surface area contributed by atoms with Crippen LogP contribution in [0.2, 0.25) is 0 Å². The first-order valence-corrected chi connectivity index (χ1v) is 7.83. The molecule has 0 atom stereocenters. The topological polar surface area (TPSA) is 12.5 Å². The fraction of sp³-hybridized carbons (Fsp3) is 0.647. The third-order valence-corrected chi connectivity index (χ3v) is 4.19. The molecule has 22 heavy (non-hydrogen) atoms. The van der Waals surface area contributed by atoms with Crippen LogP contribution in [0.1, 0.15) is 55.7 Å². The highest BCUT2D eigenvalue weighted by Crippen LogP contribution is 2.38. The van der Waals surface area contributed by atoms with E-state index < -0.39 is 11.7 Å². The SMILES string of the molecule is COc1cc(C(F)(F)F)cc(CN2CCCCC2)c1C(C)C. The van der Waals surface area contributed by atoms with Crippen LogP contribution >= 0.6 is 0 Å². The zero-order valence-corrected chi connectivity index (χ0v) is 13.5. The summed E-state index contributed by atoms with van der Waals surface area (Å²) in [5.74, 6) is 0.467. The average Bonchev–Trinajstić information content (AvgIpc) is 2.46. The number of ether oxygens (including phenoxy) is 1. The Kier molecular flexibility index (Phi) is 5.37. The number of alkyl halides is 3. The van der Waals surface area contributed by atoms with Crippen molar-refractivity contribution in [3.05, 3.63) is 28.8 Å². The van der Waals surface area contributed by atoms with Gasteiger partial charge in [-0.05, 0) is 49.5 Å². The average molecular weight is 315 g/mol. The first-order chi connectivity index (χ1) is 10.3. The number of methoxy groups -OCH3 is 1. The van der Waals surface area contributed by atoms with Crippen LogP contribution in [-0.4, -0.2) is 25.1 Å². The summed E-state index contributed by atoms with van der Waals surface area (Å²) in [6, 6.07) is 2.42. The van der Waals surface area contributed by atoms with Crippen molar-refractivity contribution >= 4 is 0 Å². The Balaban J connectivity index is 2.42. The molecule has 2 nitrogen and oxygen atoms in total. The number of benzene rings is 1. The molecule has 1 heterocycles. The highest BCUT2D eigenvalue weighted by Gasteiger charge is 2.33. The van der Waals surface area contributed by atoms with Crippen molar-refractivity contribution in [2.24, 2.45) is 0 Å². The standard InChI is InChI=1S/C17H24F3NO/c1-12(2)16-13(11-21-7-5-4-6-8-21)9-14(17(18,19)20)10-15(16)22-3/h9-10,12H,4-8,11H2,1-3H3. The summed E-state index contributed by atoms with van der Waals surface area (Å²) in [5, 5.41) is 0. The van der Waals surface area contributed by atoms with Crippen LogP contribution in [0.4, 0.5) is 13.2 Å². The first kappa shape index (κ1) is 17.1. The van der Waals surface area contributed by atoms with Gasteiger partial charge in [0.15, 0.2) is 0 Å². The second kappa shape index (κ2) is 6.90. The van der Waals surface area contributed by atoms with Crippen LogP contribution in [0.3, 0.4) is 0 Å². The predicted octanol–water partition coefficient (Wildman–Crippen LogP) is 4.82. The van der Waals surface area contributed by atoms with Crippen molar-refractivity contribution in [2.75, 3.05) is 20.2 Å². The van der Waals surface area contributed by atoms with Gasteiger partial charge in [-0.15, -0.1) is 0 Å². The molecule has 0 spiro atoms. The van der Waals surface area contributed by atoms with Gasteiger partial charge in [-0.3, -0.25) is 4.90 Å². The van der Waals surface area contributed by atoms with E-state index in [0.29, 0.717) is 12.3 Å². The lowest BCUT2D eigenvalue weighted by Crippen LogP contribution is -2.29. The van der Waals surface area contributed by atoms with E-state index in [1.807, 2.05) is 13.8 Å². The zero-order chi connectivity index (χ0) is 16.3. The zero-order valence-electron chi connectivity index (χ0n) is 13.5. The molecular weight excluding hydrogens is 291 g/mol. The normalized spacial score (nSPS) is 17.0. The highest BCUT2D eigenvalue weighted by atomic mass is 19.4. The molecule has 1 aromatic rings. The van der Waals surface area contributed by atoms with Crippen molar-refractivity contribution in [2.45, 2.75) is 51.7 Å². The summed E-state index contributed by atoms with van der Waals surface area (Å²) in [4.78, 5) is 2.24. The Labute approximate surface area is 130 Å². The van der Waals surface area contributed by atoms with E-state index in [1.165, 1.54) is 19.6 Å². The summed E-state index contributed by atoms with van der Waals surface area (Å²) in [6.45, 7) is 6.45. The number of hydrogen-bond acceptors (Lipinski definition) is 2. The molecule has 1 aliphatic heterocycles. The fourth-order valence-corrected chi connectivity index (χ4v) is 3.16. The number of piperidine rings is 1. The fourth-order valence-electron chi connectivity index (χ4n) is 3.16. The molecule has 124 valence electrons. The molecule has 0 aromatic heterocycles. The Hall–Kier alpha value is -1.23. The van der Waals surface area contributed by atoms with E-state index in [0.717, 1.165) is 43.1 Å². The predicted molar refractivity (Wildman–Crippen MR) is 81.2 cm³/mol. The lowest BCUT2D eigenvalue weighted by Gasteiger charge is -2.29. The number of likely N-dealkylation sites (tertiary alicyclic amines) is 1. The van der Waals surface area contributed by atoms with Crippen molar-refractivity contribution in [3.63, 3.8) is 0 Å². The molecule has 0 radical (unpaired) electrons. The Morgan fingerprint density at radius 1 is 1.14 bits per heavy atom. The number of nitrogens with zero attached hydrogens (tertiary/aromatic N) is 1. The molecule has 0 bridgehead atoms. The second-order valence-corrected chi connectivity index (χ2v) is 6.24. The molecule has 0 N–H and O–H groups in total. The van der Waals surface area contributed by atoms with Crippen molar-refractivity contribution in [1.82, 2.24) is 4.90 Å². The maximum absolute atomic E-state index is 13.1. The van der Waals surface area contributed by atoms with Gasteiger partial charge >= 0.3 is 6.18 Å². The monoisotopic (exact) mass is 315 g/mol. The minimum atomic E-state index is -4.35. The summed E-state index contributed by atoms with van der Waals surface area (Å²) in [5.41, 5.74) is 1.01. The van der Waals surface area contributed by atoms with Crippen LogP contribution in [0.15, 0.2) is 12.1 Å². The van der Waals surface area contributed by atoms with Gasteiger partial charge in [0.2, 0.25) is 0 Å². The molecule has 1 saturated heterocycles. The molecule has 0 amide bonds. The second-order valence-electron chi connectivity index (χ2n) is 6.24. The largest absolute Gasteiger partial charge is 0.496 e. The number of hydrogen-bond donors (Lipinski definition) is 0. The van der Waals surface area contributed by atoms with Crippen molar-refractivity contribution in [1.29, 1.82) is 0 Å². The minimum Gasteiger partial charge on any atom is -0.496 e. The van der Waals surface area contributed by atoms with E-state index >= 15 is 0 Å². The lowest BCUT2D eigenvalue weighted by atomic mass is 9.93. The van der Waals surface area contributed by atoms with Crippen LogP contribution in [0, 0.1) is 0 Å². The van der Waals surface area contributed by atoms with Crippen LogP contribution < -0.4 is 4.74 Å². The van der Waals surface area contributed by atoms with Crippen molar-refractivity contribution < 1.29 is 17.9 Å². The highest BCUT2D eigenvalue weighted by molar-refractivity contribution is 5.46. The van der Waals surface area contributed by atoms with Gasteiger partial charge in [-0.25, -0.2) is 0 Å². The van der Waals surface area contributed by atoms with E-state index in [4.69, 9.17) is 4.74 Å². The van der Waals surface area contributed by atoms with Gasteiger partial charge in [0.25, 0.3) is 0 Å². The minimum absolute atomic E-state index is 0.122. The molecule has 1 fully saturated rings. The van der Waals surface area contributed by atoms with E-state index in [9.17, 15) is 13.2 Å². The summed E-state index contributed by atoms with van der Waals surface area (Å²) in [6.07, 6.45) is -0.904. The Bertz CT molecular complexity index is 505. The van der Waals surface area contributed by atoms with Crippen LogP contribution in [-0.2, 0) is 12.7 Å². The lowest BCUT2D eigenvalue weighted by molar-refractivity contribution is -0.137. The number of rotatable bonds is 4. The van der Waals surface area contributed by atoms with Crippen molar-refractivity contribution in [3.8, 4) is 5.75 Å². The Morgan fingerprint density at radius 3 is 2.27 bits per heavy atom. The van der Waals surface area contributed by atoms with Gasteiger partial charge in [0.05, 0.1) is 12.7 Å². The summed E-state index contributed by atoms with van der Waals surface area (Å²) in [7, 11) is 1.44. The van der Waals surface area contributed by atoms with E-state index in [-0.39, 0.29) is 5.92 Å². The van der Waals surface area contributed by atoms with Crippen LogP contribution in [0.5, 0.6) is 5.75 Å². The quantitative estimate of drug-likeness (QED) is 0.789. The molecule has 1 aliphatic rings. The van der Waals surface area contributed by atoms with Gasteiger partial charge in [-0.1, -0.05) is 20.3 Å². The molecule has 0 saturated carbocycles. The summed E-state index contributed by atoms with van der Waals surface area (Å²) >= 11 is 0. The molecule has 5 heteroatoms. The first-order valence-electron chi connectivity index (χ1n) is 7.83. The molecule has 0 unspecified atom stereocenters. The maximum Gasteiger partial charge on any atom is 0.416 e. The van der Waals surface area contributed by atoms with E-state index in [1.54, 1.807) is 0 Å². The third-order valence-electron chi connectivity index (χ3n) is 4.19. The van der Waals surface area contributed by atoms with Crippen LogP contribution in [0.25, 0.3) is 0 Å². The van der Waals surface area contributed by atoms with Gasteiger partial charge in [0.1, 0.15) is 5.75 Å². The van der Waals surface area contributed by atoms with E-state index in [2.05, 4.69) is 4.90 Å². The number of halogens is 3. The smallest absolute Gasteiger partial charge is 0.416 e. The van der Waals surface area contributed by atoms with Gasteiger partial charge in [0, 0.05) is 12.1 Å². The summed E-state index contributed by atoms with van der Waals surface area (Å²) < 4.78 is 44.6. The van der Waals surface area contributed by atoms with Gasteiger partial charge < -0.3 is 4.74 Å². The molecular formula is C17H24F3NO.